The first-order valence-corrected chi connectivity index (χ1v) is 5.57. The van der Waals surface area contributed by atoms with Crippen molar-refractivity contribution in [3.05, 3.63) is 18.2 Å². The molecule has 0 aliphatic carbocycles. The second-order valence-corrected chi connectivity index (χ2v) is 4.01. The van der Waals surface area contributed by atoms with E-state index in [4.69, 9.17) is 4.74 Å². The molecule has 0 saturated carbocycles. The number of imidazole rings is 1. The van der Waals surface area contributed by atoms with Gasteiger partial charge < -0.3 is 14.6 Å². The first kappa shape index (κ1) is 13.2. The quantitative estimate of drug-likeness (QED) is 0.638. The third kappa shape index (κ3) is 5.25. The number of nitrogens with one attached hydrogen (secondary N) is 1. The van der Waals surface area contributed by atoms with Gasteiger partial charge in [0.2, 0.25) is 0 Å². The van der Waals surface area contributed by atoms with E-state index >= 15 is 0 Å². The van der Waals surface area contributed by atoms with Crippen LogP contribution in [0, 0.1) is 0 Å². The summed E-state index contributed by atoms with van der Waals surface area (Å²) >= 11 is 0. The molecule has 0 spiro atoms. The van der Waals surface area contributed by atoms with Gasteiger partial charge in [0.25, 0.3) is 0 Å². The number of rotatable bonds is 8. The highest BCUT2D eigenvalue weighted by atomic mass is 16.5. The van der Waals surface area contributed by atoms with E-state index in [2.05, 4.69) is 28.4 Å². The zero-order valence-corrected chi connectivity index (χ0v) is 10.4. The second kappa shape index (κ2) is 7.38. The maximum atomic E-state index is 4.96. The highest BCUT2D eigenvalue weighted by molar-refractivity contribution is 4.95. The summed E-state index contributed by atoms with van der Waals surface area (Å²) in [5.74, 6) is 0. The van der Waals surface area contributed by atoms with E-state index in [0.29, 0.717) is 0 Å². The Hall–Kier alpha value is -0.910. The molecule has 1 rings (SSSR count). The molecule has 0 bridgehead atoms. The van der Waals surface area contributed by atoms with Crippen LogP contribution >= 0.6 is 0 Å². The molecule has 0 aromatic carbocycles. The number of hydrogen-bond acceptors (Lipinski definition) is 4. The molecule has 0 fully saturated rings. The molecule has 1 aromatic heterocycles. The lowest BCUT2D eigenvalue weighted by Gasteiger charge is -2.15. The summed E-state index contributed by atoms with van der Waals surface area (Å²) in [5.41, 5.74) is 1.11. The van der Waals surface area contributed by atoms with Crippen molar-refractivity contribution >= 4 is 0 Å². The fourth-order valence-electron chi connectivity index (χ4n) is 1.47. The minimum absolute atomic E-state index is 0.768. The van der Waals surface area contributed by atoms with Crippen LogP contribution in [0.25, 0.3) is 0 Å². The van der Waals surface area contributed by atoms with Crippen molar-refractivity contribution in [2.24, 2.45) is 7.05 Å². The van der Waals surface area contributed by atoms with Gasteiger partial charge in [0.15, 0.2) is 0 Å². The Labute approximate surface area is 97.4 Å². The SMILES string of the molecule is COCCNCCN(C)Cc1cn(C)cn1. The first-order chi connectivity index (χ1) is 7.72. The van der Waals surface area contributed by atoms with Gasteiger partial charge in [0.05, 0.1) is 18.6 Å². The van der Waals surface area contributed by atoms with Crippen molar-refractivity contribution in [2.75, 3.05) is 40.4 Å². The molecular formula is C11H22N4O. The van der Waals surface area contributed by atoms with E-state index < -0.39 is 0 Å². The van der Waals surface area contributed by atoms with Gasteiger partial charge in [0, 0.05) is 46.5 Å². The van der Waals surface area contributed by atoms with Gasteiger partial charge in [-0.3, -0.25) is 4.90 Å². The first-order valence-electron chi connectivity index (χ1n) is 5.57. The van der Waals surface area contributed by atoms with Gasteiger partial charge in [-0.2, -0.15) is 0 Å². The predicted molar refractivity (Wildman–Crippen MR) is 64.3 cm³/mol. The second-order valence-electron chi connectivity index (χ2n) is 4.01. The van der Waals surface area contributed by atoms with Crippen LogP contribution in [0.3, 0.4) is 0 Å². The van der Waals surface area contributed by atoms with Crippen LogP contribution in [0.15, 0.2) is 12.5 Å². The minimum Gasteiger partial charge on any atom is -0.383 e. The highest BCUT2D eigenvalue weighted by Crippen LogP contribution is 1.98. The number of ether oxygens (including phenoxy) is 1. The van der Waals surface area contributed by atoms with Crippen molar-refractivity contribution in [1.29, 1.82) is 0 Å². The summed E-state index contributed by atoms with van der Waals surface area (Å²) in [6, 6.07) is 0. The molecule has 0 aliphatic heterocycles. The molecule has 0 atom stereocenters. The molecule has 92 valence electrons. The van der Waals surface area contributed by atoms with E-state index in [1.54, 1.807) is 7.11 Å². The Morgan fingerprint density at radius 2 is 2.31 bits per heavy atom. The van der Waals surface area contributed by atoms with E-state index in [-0.39, 0.29) is 0 Å². The average Bonchev–Trinajstić information content (AvgIpc) is 2.63. The van der Waals surface area contributed by atoms with Gasteiger partial charge in [-0.05, 0) is 7.05 Å². The van der Waals surface area contributed by atoms with Gasteiger partial charge in [-0.1, -0.05) is 0 Å². The summed E-state index contributed by atoms with van der Waals surface area (Å²) in [5, 5.41) is 3.32. The lowest BCUT2D eigenvalue weighted by atomic mass is 10.4. The molecule has 1 heterocycles. The molecule has 0 unspecified atom stereocenters. The van der Waals surface area contributed by atoms with Crippen molar-refractivity contribution in [3.63, 3.8) is 0 Å². The molecule has 5 heteroatoms. The number of methoxy groups -OCH3 is 1. The van der Waals surface area contributed by atoms with Crippen LogP contribution in [0.5, 0.6) is 0 Å². The topological polar surface area (TPSA) is 42.3 Å². The summed E-state index contributed by atoms with van der Waals surface area (Å²) in [4.78, 5) is 6.55. The van der Waals surface area contributed by atoms with Crippen molar-refractivity contribution < 1.29 is 4.74 Å². The number of likely N-dealkylation sites (N-methyl/N-ethyl adjacent to an activating group) is 1. The normalized spacial score (nSPS) is 11.2. The van der Waals surface area contributed by atoms with E-state index in [9.17, 15) is 0 Å². The molecular weight excluding hydrogens is 204 g/mol. The third-order valence-electron chi connectivity index (χ3n) is 2.34. The van der Waals surface area contributed by atoms with Crippen LogP contribution in [-0.2, 0) is 18.3 Å². The summed E-state index contributed by atoms with van der Waals surface area (Å²) < 4.78 is 6.93. The standard InChI is InChI=1S/C11H22N4O/c1-14(6-4-12-5-7-16-3)8-11-9-15(2)10-13-11/h9-10,12H,4-8H2,1-3H3. The summed E-state index contributed by atoms with van der Waals surface area (Å²) in [6.07, 6.45) is 3.88. The highest BCUT2D eigenvalue weighted by Gasteiger charge is 2.01. The molecule has 0 radical (unpaired) electrons. The number of aryl methyl sites for hydroxylation is 1. The van der Waals surface area contributed by atoms with Crippen molar-refractivity contribution in [3.8, 4) is 0 Å². The van der Waals surface area contributed by atoms with Gasteiger partial charge in [0.1, 0.15) is 0 Å². The molecule has 16 heavy (non-hydrogen) atoms. The van der Waals surface area contributed by atoms with Crippen LogP contribution in [0.2, 0.25) is 0 Å². The van der Waals surface area contributed by atoms with Crippen LogP contribution in [0.4, 0.5) is 0 Å². The monoisotopic (exact) mass is 226 g/mol. The van der Waals surface area contributed by atoms with Gasteiger partial charge in [-0.15, -0.1) is 0 Å². The summed E-state index contributed by atoms with van der Waals surface area (Å²) in [7, 11) is 5.81. The van der Waals surface area contributed by atoms with Crippen molar-refractivity contribution in [1.82, 2.24) is 19.8 Å². The minimum atomic E-state index is 0.768. The van der Waals surface area contributed by atoms with Crippen LogP contribution in [0.1, 0.15) is 5.69 Å². The summed E-state index contributed by atoms with van der Waals surface area (Å²) in [6.45, 7) is 4.57. The zero-order valence-electron chi connectivity index (χ0n) is 10.4. The maximum absolute atomic E-state index is 4.96. The predicted octanol–water partition coefficient (Wildman–Crippen LogP) is 0.0879. The molecule has 1 aromatic rings. The van der Waals surface area contributed by atoms with E-state index in [0.717, 1.165) is 38.5 Å². The zero-order chi connectivity index (χ0) is 11.8. The lowest BCUT2D eigenvalue weighted by Crippen LogP contribution is -2.30. The Bertz CT molecular complexity index is 287. The van der Waals surface area contributed by atoms with Crippen molar-refractivity contribution in [2.45, 2.75) is 6.54 Å². The lowest BCUT2D eigenvalue weighted by molar-refractivity contribution is 0.197. The Morgan fingerprint density at radius 1 is 1.50 bits per heavy atom. The molecule has 0 aliphatic rings. The Morgan fingerprint density at radius 3 is 2.94 bits per heavy atom. The Kier molecular flexibility index (Phi) is 6.07. The average molecular weight is 226 g/mol. The van der Waals surface area contributed by atoms with Gasteiger partial charge >= 0.3 is 0 Å². The fourth-order valence-corrected chi connectivity index (χ4v) is 1.47. The molecule has 0 saturated heterocycles. The van der Waals surface area contributed by atoms with Crippen LogP contribution in [-0.4, -0.2) is 54.8 Å². The molecule has 5 nitrogen and oxygen atoms in total. The smallest absolute Gasteiger partial charge is 0.0947 e. The largest absolute Gasteiger partial charge is 0.383 e. The fraction of sp³-hybridized carbons (Fsp3) is 0.727. The Balaban J connectivity index is 2.09. The van der Waals surface area contributed by atoms with E-state index in [1.165, 1.54) is 0 Å². The third-order valence-corrected chi connectivity index (χ3v) is 2.34. The number of nitrogens with zero attached hydrogens (tertiary/aromatic N) is 3. The molecule has 1 N–H and O–H groups in total. The maximum Gasteiger partial charge on any atom is 0.0947 e. The number of aromatic nitrogens is 2. The number of hydrogen-bond donors (Lipinski definition) is 1. The van der Waals surface area contributed by atoms with Crippen LogP contribution < -0.4 is 5.32 Å². The van der Waals surface area contributed by atoms with Gasteiger partial charge in [-0.25, -0.2) is 4.98 Å². The van der Waals surface area contributed by atoms with E-state index in [1.807, 2.05) is 17.9 Å². The molecule has 0 amide bonds.